The van der Waals surface area contributed by atoms with Crippen LogP contribution in [0, 0.1) is 11.3 Å². The van der Waals surface area contributed by atoms with E-state index in [0.29, 0.717) is 11.4 Å². The molecule has 0 fully saturated rings. The van der Waals surface area contributed by atoms with Crippen LogP contribution in [0.3, 0.4) is 0 Å². The Morgan fingerprint density at radius 1 is 0.431 bits per heavy atom. The summed E-state index contributed by atoms with van der Waals surface area (Å²) < 4.78 is 2.55. The molecule has 0 unspecified atom stereocenters. The van der Waals surface area contributed by atoms with Gasteiger partial charge in [-0.3, -0.25) is 0 Å². The second-order valence-corrected chi connectivity index (χ2v) is 13.6. The van der Waals surface area contributed by atoms with Crippen LogP contribution in [0.4, 0.5) is 0 Å². The normalized spacial score (nSPS) is 11.1. The number of thiophene rings is 1. The summed E-state index contributed by atoms with van der Waals surface area (Å²) >= 11 is 1.85. The molecule has 2 heterocycles. The van der Waals surface area contributed by atoms with Crippen LogP contribution in [0.5, 0.6) is 0 Å². The summed E-state index contributed by atoms with van der Waals surface area (Å²) in [6.07, 6.45) is 0. The van der Waals surface area contributed by atoms with E-state index in [9.17, 15) is 5.26 Å². The van der Waals surface area contributed by atoms with Crippen LogP contribution < -0.4 is 0 Å². The highest BCUT2D eigenvalue weighted by Crippen LogP contribution is 2.45. The molecule has 0 saturated heterocycles. The van der Waals surface area contributed by atoms with E-state index in [1.807, 2.05) is 72.0 Å². The first-order valence-corrected chi connectivity index (χ1v) is 17.7. The van der Waals surface area contributed by atoms with Crippen molar-refractivity contribution in [1.29, 1.82) is 5.26 Å². The Bertz CT molecular complexity index is 2650. The summed E-state index contributed by atoms with van der Waals surface area (Å²) in [6.45, 7) is 0. The van der Waals surface area contributed by atoms with Crippen LogP contribution in [-0.2, 0) is 0 Å². The van der Waals surface area contributed by atoms with Crippen LogP contribution in [0.25, 0.3) is 87.5 Å². The molecule has 0 spiro atoms. The van der Waals surface area contributed by atoms with Crippen molar-refractivity contribution in [3.05, 3.63) is 181 Å². The number of benzene rings is 7. The Morgan fingerprint density at radius 3 is 1.63 bits per heavy atom. The maximum atomic E-state index is 9.23. The molecule has 0 amide bonds. The van der Waals surface area contributed by atoms with Crippen molar-refractivity contribution >= 4 is 31.5 Å². The van der Waals surface area contributed by atoms with Gasteiger partial charge in [-0.25, -0.2) is 9.97 Å². The van der Waals surface area contributed by atoms with Crippen molar-refractivity contribution in [1.82, 2.24) is 9.97 Å². The number of aromatic nitrogens is 2. The molecule has 0 N–H and O–H groups in total. The van der Waals surface area contributed by atoms with Gasteiger partial charge < -0.3 is 0 Å². The van der Waals surface area contributed by atoms with Crippen LogP contribution in [0.15, 0.2) is 176 Å². The van der Waals surface area contributed by atoms with E-state index in [0.717, 1.165) is 50.3 Å². The molecule has 0 aliphatic carbocycles. The zero-order valence-corrected chi connectivity index (χ0v) is 28.3. The van der Waals surface area contributed by atoms with Gasteiger partial charge in [-0.05, 0) is 52.1 Å². The van der Waals surface area contributed by atoms with Gasteiger partial charge in [0, 0.05) is 42.4 Å². The van der Waals surface area contributed by atoms with Crippen LogP contribution in [0.1, 0.15) is 5.56 Å². The topological polar surface area (TPSA) is 49.6 Å². The summed E-state index contributed by atoms with van der Waals surface area (Å²) in [4.78, 5) is 10.0. The summed E-state index contributed by atoms with van der Waals surface area (Å²) in [7, 11) is 0. The number of rotatable bonds is 6. The monoisotopic (exact) mass is 667 g/mol. The SMILES string of the molecule is N#Cc1ccc(-c2ccc(-c3ccc4c(sc5ccccc54)c3-c3ccc(-c4cc(-c5ccccc5)nc(-c5ccccc5)n4)cc3)cc2)cc1. The van der Waals surface area contributed by atoms with E-state index in [4.69, 9.17) is 9.97 Å². The van der Waals surface area contributed by atoms with Crippen molar-refractivity contribution in [2.45, 2.75) is 0 Å². The summed E-state index contributed by atoms with van der Waals surface area (Å²) in [5.41, 5.74) is 12.4. The van der Waals surface area contributed by atoms with Gasteiger partial charge in [0.05, 0.1) is 23.0 Å². The average molecular weight is 668 g/mol. The second kappa shape index (κ2) is 13.0. The maximum absolute atomic E-state index is 9.23. The molecule has 0 aliphatic rings. The lowest BCUT2D eigenvalue weighted by Gasteiger charge is -2.14. The lowest BCUT2D eigenvalue weighted by molar-refractivity contribution is 1.18. The van der Waals surface area contributed by atoms with E-state index < -0.39 is 0 Å². The number of fused-ring (bicyclic) bond motifs is 3. The Labute approximate surface area is 300 Å². The molecule has 51 heavy (non-hydrogen) atoms. The maximum Gasteiger partial charge on any atom is 0.160 e. The minimum Gasteiger partial charge on any atom is -0.228 e. The van der Waals surface area contributed by atoms with Gasteiger partial charge in [-0.15, -0.1) is 11.3 Å². The predicted octanol–water partition coefficient (Wildman–Crippen LogP) is 12.7. The van der Waals surface area contributed by atoms with Gasteiger partial charge in [0.15, 0.2) is 5.82 Å². The Kier molecular flexibility index (Phi) is 7.74. The molecule has 3 nitrogen and oxygen atoms in total. The van der Waals surface area contributed by atoms with Gasteiger partial charge in [0.25, 0.3) is 0 Å². The second-order valence-electron chi connectivity index (χ2n) is 12.5. The molecule has 2 aromatic heterocycles. The zero-order chi connectivity index (χ0) is 34.1. The largest absolute Gasteiger partial charge is 0.228 e. The zero-order valence-electron chi connectivity index (χ0n) is 27.5. The highest BCUT2D eigenvalue weighted by atomic mass is 32.1. The fraction of sp³-hybridized carbons (Fsp3) is 0. The van der Waals surface area contributed by atoms with Crippen molar-refractivity contribution in [3.63, 3.8) is 0 Å². The van der Waals surface area contributed by atoms with E-state index in [1.54, 1.807) is 0 Å². The molecule has 0 saturated carbocycles. The molecular weight excluding hydrogens is 639 g/mol. The predicted molar refractivity (Wildman–Crippen MR) is 212 cm³/mol. The first kappa shape index (κ1) is 30.4. The minimum absolute atomic E-state index is 0.663. The van der Waals surface area contributed by atoms with E-state index >= 15 is 0 Å². The highest BCUT2D eigenvalue weighted by molar-refractivity contribution is 7.26. The molecule has 238 valence electrons. The number of nitrogens with zero attached hydrogens (tertiary/aromatic N) is 3. The standard InChI is InChI=1S/C47H29N3S/c48-30-31-15-17-32(18-16-31)33-19-21-34(22-20-33)39-27-28-41-40-13-7-8-14-44(40)51-46(41)45(39)37-25-23-36(24-26-37)43-29-42(35-9-3-1-4-10-35)49-47(50-43)38-11-5-2-6-12-38/h1-29H. The molecule has 0 radical (unpaired) electrons. The van der Waals surface area contributed by atoms with Crippen LogP contribution in [-0.4, -0.2) is 9.97 Å². The van der Waals surface area contributed by atoms with Crippen LogP contribution in [0.2, 0.25) is 0 Å². The number of nitriles is 1. The fourth-order valence-electron chi connectivity index (χ4n) is 6.77. The number of hydrogen-bond donors (Lipinski definition) is 0. The fourth-order valence-corrected chi connectivity index (χ4v) is 8.04. The van der Waals surface area contributed by atoms with Crippen LogP contribution >= 0.6 is 11.3 Å². The molecule has 9 aromatic rings. The Balaban J connectivity index is 1.16. The van der Waals surface area contributed by atoms with E-state index in [-0.39, 0.29) is 0 Å². The number of hydrogen-bond acceptors (Lipinski definition) is 4. The molecule has 9 rings (SSSR count). The van der Waals surface area contributed by atoms with E-state index in [1.165, 1.54) is 31.3 Å². The highest BCUT2D eigenvalue weighted by Gasteiger charge is 2.17. The minimum atomic E-state index is 0.663. The molecular formula is C47H29N3S. The lowest BCUT2D eigenvalue weighted by atomic mass is 9.91. The average Bonchev–Trinajstić information content (AvgIpc) is 3.60. The van der Waals surface area contributed by atoms with E-state index in [2.05, 4.69) is 121 Å². The Morgan fingerprint density at radius 2 is 0.961 bits per heavy atom. The van der Waals surface area contributed by atoms with Gasteiger partial charge in [-0.1, -0.05) is 152 Å². The van der Waals surface area contributed by atoms with Crippen molar-refractivity contribution < 1.29 is 0 Å². The summed E-state index contributed by atoms with van der Waals surface area (Å²) in [5, 5.41) is 11.8. The van der Waals surface area contributed by atoms with Gasteiger partial charge in [0.1, 0.15) is 0 Å². The third-order valence-electron chi connectivity index (χ3n) is 9.39. The first-order chi connectivity index (χ1) is 25.2. The molecule has 0 bridgehead atoms. The first-order valence-electron chi connectivity index (χ1n) is 16.9. The van der Waals surface area contributed by atoms with Crippen molar-refractivity contribution in [2.24, 2.45) is 0 Å². The molecule has 0 aliphatic heterocycles. The van der Waals surface area contributed by atoms with Gasteiger partial charge in [0.2, 0.25) is 0 Å². The summed E-state index contributed by atoms with van der Waals surface area (Å²) in [6, 6.07) is 63.3. The van der Waals surface area contributed by atoms with Crippen molar-refractivity contribution in [2.75, 3.05) is 0 Å². The quantitative estimate of drug-likeness (QED) is 0.177. The van der Waals surface area contributed by atoms with Gasteiger partial charge in [-0.2, -0.15) is 5.26 Å². The Hall–Kier alpha value is -6.67. The third-order valence-corrected chi connectivity index (χ3v) is 10.6. The molecule has 7 aromatic carbocycles. The molecule has 4 heteroatoms. The van der Waals surface area contributed by atoms with Gasteiger partial charge >= 0.3 is 0 Å². The lowest BCUT2D eigenvalue weighted by Crippen LogP contribution is -1.96. The summed E-state index contributed by atoms with van der Waals surface area (Å²) in [5.74, 6) is 0.706. The molecule has 0 atom stereocenters. The van der Waals surface area contributed by atoms with Crippen molar-refractivity contribution in [3.8, 4) is 73.4 Å². The smallest absolute Gasteiger partial charge is 0.160 e. The third kappa shape index (κ3) is 5.76.